The van der Waals surface area contributed by atoms with Gasteiger partial charge in [0, 0.05) is 11.6 Å². The van der Waals surface area contributed by atoms with Crippen LogP contribution in [0.2, 0.25) is 0 Å². The fourth-order valence-corrected chi connectivity index (χ4v) is 2.56. The first-order valence-corrected chi connectivity index (χ1v) is 7.84. The van der Waals surface area contributed by atoms with Crippen molar-refractivity contribution in [3.05, 3.63) is 71.4 Å². The van der Waals surface area contributed by atoms with Crippen molar-refractivity contribution < 1.29 is 32.3 Å². The number of aryl methyl sites for hydroxylation is 1. The third kappa shape index (κ3) is 4.11. The predicted molar refractivity (Wildman–Crippen MR) is 89.1 cm³/mol. The first kappa shape index (κ1) is 18.5. The number of benzene rings is 2. The van der Waals surface area contributed by atoms with E-state index in [1.165, 1.54) is 18.3 Å². The summed E-state index contributed by atoms with van der Waals surface area (Å²) in [6.07, 6.45) is -4.80. The van der Waals surface area contributed by atoms with Crippen LogP contribution in [0, 0.1) is 6.92 Å². The summed E-state index contributed by atoms with van der Waals surface area (Å²) >= 11 is 0. The second-order valence-corrected chi connectivity index (χ2v) is 5.84. The minimum absolute atomic E-state index is 0.124. The van der Waals surface area contributed by atoms with Crippen molar-refractivity contribution >= 4 is 5.97 Å². The molecule has 0 aliphatic heterocycles. The lowest BCUT2D eigenvalue weighted by atomic mass is 10.0. The largest absolute Gasteiger partial charge is 0.478 e. The Balaban J connectivity index is 2.01. The van der Waals surface area contributed by atoms with Crippen LogP contribution in [0.1, 0.15) is 22.8 Å². The van der Waals surface area contributed by atoms with E-state index in [2.05, 4.69) is 5.16 Å². The summed E-state index contributed by atoms with van der Waals surface area (Å²) < 4.78 is 49.5. The third-order valence-corrected chi connectivity index (χ3v) is 3.82. The van der Waals surface area contributed by atoms with Gasteiger partial charge in [0.2, 0.25) is 6.10 Å². The van der Waals surface area contributed by atoms with Crippen molar-refractivity contribution in [3.8, 4) is 17.1 Å². The van der Waals surface area contributed by atoms with Crippen molar-refractivity contribution in [3.63, 3.8) is 0 Å². The summed E-state index contributed by atoms with van der Waals surface area (Å²) in [5.74, 6) is -0.914. The number of carboxylic acids is 1. The number of alkyl halides is 3. The smallest absolute Gasteiger partial charge is 0.416 e. The van der Waals surface area contributed by atoms with Crippen LogP contribution < -0.4 is 4.74 Å². The van der Waals surface area contributed by atoms with Gasteiger partial charge in [0.1, 0.15) is 5.75 Å². The fourth-order valence-electron chi connectivity index (χ4n) is 2.56. The van der Waals surface area contributed by atoms with Crippen molar-refractivity contribution in [1.29, 1.82) is 0 Å². The zero-order chi connectivity index (χ0) is 19.6. The minimum atomic E-state index is -4.59. The minimum Gasteiger partial charge on any atom is -0.478 e. The maximum Gasteiger partial charge on any atom is 0.416 e. The Bertz CT molecular complexity index is 952. The Hall–Kier alpha value is -3.29. The molecular formula is C19H14F3NO4. The van der Waals surface area contributed by atoms with Gasteiger partial charge in [-0.25, -0.2) is 4.79 Å². The number of aliphatic carboxylic acids is 1. The molecule has 0 fully saturated rings. The molecule has 27 heavy (non-hydrogen) atoms. The molecule has 1 atom stereocenters. The van der Waals surface area contributed by atoms with E-state index in [1.54, 1.807) is 18.2 Å². The number of hydrogen-bond acceptors (Lipinski definition) is 4. The summed E-state index contributed by atoms with van der Waals surface area (Å²) in [5.41, 5.74) is 0.237. The number of rotatable bonds is 5. The molecule has 1 unspecified atom stereocenters. The molecule has 0 bridgehead atoms. The fraction of sp³-hybridized carbons (Fsp3) is 0.158. The molecule has 1 heterocycles. The van der Waals surface area contributed by atoms with Gasteiger partial charge in [-0.05, 0) is 31.2 Å². The molecule has 0 spiro atoms. The van der Waals surface area contributed by atoms with Gasteiger partial charge in [0.05, 0.1) is 17.3 Å². The Morgan fingerprint density at radius 2 is 1.96 bits per heavy atom. The van der Waals surface area contributed by atoms with Crippen molar-refractivity contribution in [1.82, 2.24) is 5.16 Å². The standard InChI is InChI=1S/C19H14F3NO4/c1-11-5-6-15(14(9-11)16-7-8-23-27-16)26-17(18(24)25)12-3-2-4-13(10-12)19(20,21)22/h2-10,17H,1H3,(H,24,25). The van der Waals surface area contributed by atoms with E-state index in [9.17, 15) is 23.1 Å². The Morgan fingerprint density at radius 3 is 2.59 bits per heavy atom. The second-order valence-electron chi connectivity index (χ2n) is 5.84. The molecule has 0 saturated heterocycles. The SMILES string of the molecule is Cc1ccc(OC(C(=O)O)c2cccc(C(F)(F)F)c2)c(-c2ccno2)c1. The van der Waals surface area contributed by atoms with Crippen molar-refractivity contribution in [2.24, 2.45) is 0 Å². The highest BCUT2D eigenvalue weighted by molar-refractivity contribution is 5.76. The molecule has 3 aromatic rings. The van der Waals surface area contributed by atoms with Crippen LogP contribution in [0.15, 0.2) is 59.3 Å². The normalized spacial score (nSPS) is 12.6. The first-order valence-electron chi connectivity index (χ1n) is 7.84. The van der Waals surface area contributed by atoms with Gasteiger partial charge in [-0.1, -0.05) is 28.9 Å². The van der Waals surface area contributed by atoms with E-state index in [0.717, 1.165) is 23.8 Å². The van der Waals surface area contributed by atoms with Crippen LogP contribution in [0.3, 0.4) is 0 Å². The highest BCUT2D eigenvalue weighted by atomic mass is 19.4. The molecule has 1 N–H and O–H groups in total. The van der Waals surface area contributed by atoms with E-state index >= 15 is 0 Å². The molecule has 0 aliphatic rings. The number of hydrogen-bond donors (Lipinski definition) is 1. The lowest BCUT2D eigenvalue weighted by molar-refractivity contribution is -0.146. The van der Waals surface area contributed by atoms with E-state index in [4.69, 9.17) is 9.26 Å². The quantitative estimate of drug-likeness (QED) is 0.687. The van der Waals surface area contributed by atoms with Crippen molar-refractivity contribution in [2.45, 2.75) is 19.2 Å². The molecule has 0 aliphatic carbocycles. The summed E-state index contributed by atoms with van der Waals surface area (Å²) in [4.78, 5) is 11.7. The lowest BCUT2D eigenvalue weighted by Crippen LogP contribution is -2.19. The second kappa shape index (κ2) is 7.14. The van der Waals surface area contributed by atoms with Gasteiger partial charge in [-0.3, -0.25) is 0 Å². The van der Waals surface area contributed by atoms with Gasteiger partial charge in [0.15, 0.2) is 5.76 Å². The van der Waals surface area contributed by atoms with Gasteiger partial charge in [-0.15, -0.1) is 0 Å². The maximum absolute atomic E-state index is 12.9. The number of ether oxygens (including phenoxy) is 1. The Labute approximate surface area is 152 Å². The summed E-state index contributed by atoms with van der Waals surface area (Å²) in [6.45, 7) is 1.82. The van der Waals surface area contributed by atoms with Crippen LogP contribution in [0.4, 0.5) is 13.2 Å². The predicted octanol–water partition coefficient (Wildman–Crippen LogP) is 4.87. The number of carboxylic acid groups (broad SMARTS) is 1. The van der Waals surface area contributed by atoms with E-state index in [-0.39, 0.29) is 11.3 Å². The molecule has 140 valence electrons. The van der Waals surface area contributed by atoms with Gasteiger partial charge in [0.25, 0.3) is 0 Å². The molecule has 3 rings (SSSR count). The van der Waals surface area contributed by atoms with Crippen molar-refractivity contribution in [2.75, 3.05) is 0 Å². The third-order valence-electron chi connectivity index (χ3n) is 3.82. The molecule has 5 nitrogen and oxygen atoms in total. The Kier molecular flexibility index (Phi) is 4.89. The number of aromatic nitrogens is 1. The van der Waals surface area contributed by atoms with Gasteiger partial charge in [-0.2, -0.15) is 13.2 Å². The average molecular weight is 377 g/mol. The first-order chi connectivity index (χ1) is 12.8. The zero-order valence-electron chi connectivity index (χ0n) is 14.0. The highest BCUT2D eigenvalue weighted by Crippen LogP contribution is 2.35. The van der Waals surface area contributed by atoms with Gasteiger partial charge >= 0.3 is 12.1 Å². The average Bonchev–Trinajstić information content (AvgIpc) is 3.14. The summed E-state index contributed by atoms with van der Waals surface area (Å²) in [7, 11) is 0. The van der Waals surface area contributed by atoms with Crippen LogP contribution >= 0.6 is 0 Å². The van der Waals surface area contributed by atoms with E-state index in [0.29, 0.717) is 11.3 Å². The monoisotopic (exact) mass is 377 g/mol. The zero-order valence-corrected chi connectivity index (χ0v) is 14.0. The summed E-state index contributed by atoms with van der Waals surface area (Å²) in [5, 5.41) is 13.1. The lowest BCUT2D eigenvalue weighted by Gasteiger charge is -2.19. The molecule has 0 amide bonds. The molecule has 0 saturated carbocycles. The number of carbonyl (C=O) groups is 1. The van der Waals surface area contributed by atoms with Crippen LogP contribution in [0.25, 0.3) is 11.3 Å². The van der Waals surface area contributed by atoms with Crippen LogP contribution in [-0.4, -0.2) is 16.2 Å². The number of halogens is 3. The molecule has 0 radical (unpaired) electrons. The van der Waals surface area contributed by atoms with E-state index in [1.807, 2.05) is 6.92 Å². The highest BCUT2D eigenvalue weighted by Gasteiger charge is 2.32. The van der Waals surface area contributed by atoms with E-state index < -0.39 is 23.8 Å². The molecular weight excluding hydrogens is 363 g/mol. The Morgan fingerprint density at radius 1 is 1.19 bits per heavy atom. The molecule has 8 heteroatoms. The topological polar surface area (TPSA) is 72.6 Å². The molecule has 2 aromatic carbocycles. The van der Waals surface area contributed by atoms with Crippen LogP contribution in [0.5, 0.6) is 5.75 Å². The maximum atomic E-state index is 12.9. The summed E-state index contributed by atoms with van der Waals surface area (Å²) in [6, 6.07) is 10.6. The van der Waals surface area contributed by atoms with Crippen LogP contribution in [-0.2, 0) is 11.0 Å². The molecule has 1 aromatic heterocycles. The number of nitrogens with zero attached hydrogens (tertiary/aromatic N) is 1. The van der Waals surface area contributed by atoms with Gasteiger partial charge < -0.3 is 14.4 Å².